The molecule has 3 heteroatoms. The SMILES string of the molecule is Cn1cccc(-c2cccnc2)c1=O. The minimum absolute atomic E-state index is 0.000463. The molecule has 0 aromatic carbocycles. The predicted molar refractivity (Wildman–Crippen MR) is 54.9 cm³/mol. The van der Waals surface area contributed by atoms with Crippen LogP contribution in [0.15, 0.2) is 47.7 Å². The fourth-order valence-corrected chi connectivity index (χ4v) is 1.34. The van der Waals surface area contributed by atoms with Crippen molar-refractivity contribution in [2.45, 2.75) is 0 Å². The summed E-state index contributed by atoms with van der Waals surface area (Å²) in [5.41, 5.74) is 1.54. The lowest BCUT2D eigenvalue weighted by molar-refractivity contribution is 0.863. The van der Waals surface area contributed by atoms with Gasteiger partial charge in [-0.1, -0.05) is 6.07 Å². The van der Waals surface area contributed by atoms with Crippen molar-refractivity contribution in [3.8, 4) is 11.1 Å². The Morgan fingerprint density at radius 3 is 2.86 bits per heavy atom. The first-order chi connectivity index (χ1) is 6.79. The molecule has 0 saturated heterocycles. The van der Waals surface area contributed by atoms with Crippen molar-refractivity contribution in [3.05, 3.63) is 53.2 Å². The summed E-state index contributed by atoms with van der Waals surface area (Å²) in [6.07, 6.45) is 5.12. The Kier molecular flexibility index (Phi) is 2.14. The molecule has 2 aromatic rings. The number of hydrogen-bond acceptors (Lipinski definition) is 2. The largest absolute Gasteiger partial charge is 0.318 e. The molecule has 0 amide bonds. The van der Waals surface area contributed by atoms with E-state index >= 15 is 0 Å². The molecular weight excluding hydrogens is 176 g/mol. The van der Waals surface area contributed by atoms with Crippen LogP contribution >= 0.6 is 0 Å². The van der Waals surface area contributed by atoms with E-state index in [1.807, 2.05) is 18.2 Å². The van der Waals surface area contributed by atoms with E-state index in [9.17, 15) is 4.79 Å². The first kappa shape index (κ1) is 8.69. The molecular formula is C11H10N2O. The second-order valence-electron chi connectivity index (χ2n) is 3.08. The number of nitrogens with zero attached hydrogens (tertiary/aromatic N) is 2. The average molecular weight is 186 g/mol. The van der Waals surface area contributed by atoms with E-state index in [4.69, 9.17) is 0 Å². The van der Waals surface area contributed by atoms with Gasteiger partial charge >= 0.3 is 0 Å². The Labute approximate surface area is 81.7 Å². The Bertz CT molecular complexity index is 488. The van der Waals surface area contributed by atoms with E-state index < -0.39 is 0 Å². The molecule has 3 nitrogen and oxygen atoms in total. The fourth-order valence-electron chi connectivity index (χ4n) is 1.34. The summed E-state index contributed by atoms with van der Waals surface area (Å²) in [5.74, 6) is 0. The van der Waals surface area contributed by atoms with Crippen LogP contribution in [0, 0.1) is 0 Å². The molecule has 0 bridgehead atoms. The first-order valence-electron chi connectivity index (χ1n) is 4.35. The van der Waals surface area contributed by atoms with Gasteiger partial charge in [-0.25, -0.2) is 0 Å². The molecule has 2 aromatic heterocycles. The Morgan fingerprint density at radius 1 is 1.29 bits per heavy atom. The van der Waals surface area contributed by atoms with Crippen molar-refractivity contribution in [2.24, 2.45) is 7.05 Å². The lowest BCUT2D eigenvalue weighted by Crippen LogP contribution is -2.17. The van der Waals surface area contributed by atoms with Crippen molar-refractivity contribution >= 4 is 0 Å². The highest BCUT2D eigenvalue weighted by atomic mass is 16.1. The molecule has 0 radical (unpaired) electrons. The van der Waals surface area contributed by atoms with Crippen LogP contribution in [0.4, 0.5) is 0 Å². The zero-order valence-corrected chi connectivity index (χ0v) is 7.84. The van der Waals surface area contributed by atoms with E-state index in [-0.39, 0.29) is 5.56 Å². The standard InChI is InChI=1S/C11H10N2O/c1-13-7-3-5-10(11(13)14)9-4-2-6-12-8-9/h2-8H,1H3. The lowest BCUT2D eigenvalue weighted by atomic mass is 10.1. The highest BCUT2D eigenvalue weighted by molar-refractivity contribution is 5.60. The van der Waals surface area contributed by atoms with E-state index in [1.54, 1.807) is 36.3 Å². The summed E-state index contributed by atoms with van der Waals surface area (Å²) >= 11 is 0. The van der Waals surface area contributed by atoms with Gasteiger partial charge in [0.15, 0.2) is 0 Å². The molecule has 2 heterocycles. The predicted octanol–water partition coefficient (Wildman–Crippen LogP) is 1.45. The van der Waals surface area contributed by atoms with Crippen LogP contribution < -0.4 is 5.56 Å². The Morgan fingerprint density at radius 2 is 2.14 bits per heavy atom. The highest BCUT2D eigenvalue weighted by Gasteiger charge is 2.02. The zero-order chi connectivity index (χ0) is 9.97. The topological polar surface area (TPSA) is 34.9 Å². The third-order valence-electron chi connectivity index (χ3n) is 2.10. The third kappa shape index (κ3) is 1.44. The molecule has 0 spiro atoms. The van der Waals surface area contributed by atoms with Gasteiger partial charge in [-0.3, -0.25) is 9.78 Å². The fraction of sp³-hybridized carbons (Fsp3) is 0.0909. The monoisotopic (exact) mass is 186 g/mol. The summed E-state index contributed by atoms with van der Waals surface area (Å²) in [6, 6.07) is 7.36. The zero-order valence-electron chi connectivity index (χ0n) is 7.84. The number of aryl methyl sites for hydroxylation is 1. The van der Waals surface area contributed by atoms with Crippen LogP contribution in [0.1, 0.15) is 0 Å². The number of aromatic nitrogens is 2. The summed E-state index contributed by atoms with van der Waals surface area (Å²) in [6.45, 7) is 0. The summed E-state index contributed by atoms with van der Waals surface area (Å²) in [5, 5.41) is 0. The molecule has 0 atom stereocenters. The Balaban J connectivity index is 2.64. The molecule has 0 fully saturated rings. The summed E-state index contributed by atoms with van der Waals surface area (Å²) in [4.78, 5) is 15.7. The molecule has 0 aliphatic rings. The maximum atomic E-state index is 11.7. The van der Waals surface area contributed by atoms with Crippen LogP contribution in [0.2, 0.25) is 0 Å². The van der Waals surface area contributed by atoms with Gasteiger partial charge in [-0.2, -0.15) is 0 Å². The molecule has 70 valence electrons. The quantitative estimate of drug-likeness (QED) is 0.675. The molecule has 14 heavy (non-hydrogen) atoms. The van der Waals surface area contributed by atoms with Gasteiger partial charge in [0.25, 0.3) is 5.56 Å². The number of hydrogen-bond donors (Lipinski definition) is 0. The van der Waals surface area contributed by atoms with E-state index in [0.29, 0.717) is 5.56 Å². The smallest absolute Gasteiger partial charge is 0.258 e. The van der Waals surface area contributed by atoms with Gasteiger partial charge in [0.2, 0.25) is 0 Å². The second kappa shape index (κ2) is 3.46. The van der Waals surface area contributed by atoms with Gasteiger partial charge in [0.1, 0.15) is 0 Å². The number of pyridine rings is 2. The van der Waals surface area contributed by atoms with E-state index in [1.165, 1.54) is 0 Å². The highest BCUT2D eigenvalue weighted by Crippen LogP contribution is 2.11. The molecule has 0 aliphatic carbocycles. The molecule has 0 unspecified atom stereocenters. The second-order valence-corrected chi connectivity index (χ2v) is 3.08. The first-order valence-corrected chi connectivity index (χ1v) is 4.35. The van der Waals surface area contributed by atoms with Crippen molar-refractivity contribution < 1.29 is 0 Å². The minimum Gasteiger partial charge on any atom is -0.318 e. The van der Waals surface area contributed by atoms with Gasteiger partial charge in [0, 0.05) is 36.8 Å². The van der Waals surface area contributed by atoms with Crippen molar-refractivity contribution in [2.75, 3.05) is 0 Å². The maximum absolute atomic E-state index is 11.7. The van der Waals surface area contributed by atoms with Gasteiger partial charge in [0.05, 0.1) is 0 Å². The van der Waals surface area contributed by atoms with Gasteiger partial charge in [-0.15, -0.1) is 0 Å². The molecule has 0 N–H and O–H groups in total. The molecule has 2 rings (SSSR count). The molecule has 0 saturated carbocycles. The summed E-state index contributed by atoms with van der Waals surface area (Å²) in [7, 11) is 1.74. The molecule has 0 aliphatic heterocycles. The summed E-state index contributed by atoms with van der Waals surface area (Å²) < 4.78 is 1.56. The number of rotatable bonds is 1. The van der Waals surface area contributed by atoms with E-state index in [2.05, 4.69) is 4.98 Å². The van der Waals surface area contributed by atoms with Crippen molar-refractivity contribution in [3.63, 3.8) is 0 Å². The van der Waals surface area contributed by atoms with Crippen LogP contribution in [-0.2, 0) is 7.05 Å². The van der Waals surface area contributed by atoms with Crippen molar-refractivity contribution in [1.29, 1.82) is 0 Å². The maximum Gasteiger partial charge on any atom is 0.258 e. The lowest BCUT2D eigenvalue weighted by Gasteiger charge is -2.01. The van der Waals surface area contributed by atoms with Crippen LogP contribution in [0.3, 0.4) is 0 Å². The Hall–Kier alpha value is -1.90. The van der Waals surface area contributed by atoms with Crippen LogP contribution in [0.25, 0.3) is 11.1 Å². The van der Waals surface area contributed by atoms with Gasteiger partial charge in [-0.05, 0) is 18.2 Å². The van der Waals surface area contributed by atoms with E-state index in [0.717, 1.165) is 5.56 Å². The average Bonchev–Trinajstić information content (AvgIpc) is 2.23. The normalized spacial score (nSPS) is 10.1. The minimum atomic E-state index is 0.000463. The van der Waals surface area contributed by atoms with Crippen molar-refractivity contribution in [1.82, 2.24) is 9.55 Å². The van der Waals surface area contributed by atoms with Crippen LogP contribution in [-0.4, -0.2) is 9.55 Å². The van der Waals surface area contributed by atoms with Crippen LogP contribution in [0.5, 0.6) is 0 Å². The van der Waals surface area contributed by atoms with Gasteiger partial charge < -0.3 is 4.57 Å². The third-order valence-corrected chi connectivity index (χ3v) is 2.10.